The number of methoxy groups -OCH3 is 1. The van der Waals surface area contributed by atoms with E-state index in [2.05, 4.69) is 16.4 Å². The number of aryl methyl sites for hydroxylation is 1. The van der Waals surface area contributed by atoms with E-state index in [1.54, 1.807) is 18.2 Å². The Balaban J connectivity index is 1.48. The molecule has 0 radical (unpaired) electrons. The summed E-state index contributed by atoms with van der Waals surface area (Å²) in [6, 6.07) is 12.9. The Labute approximate surface area is 174 Å². The van der Waals surface area contributed by atoms with Gasteiger partial charge in [-0.15, -0.1) is 0 Å². The first kappa shape index (κ1) is 20.7. The molecule has 0 aliphatic rings. The quantitative estimate of drug-likeness (QED) is 0.522. The minimum atomic E-state index is -0.931. The number of hydrogen-bond acceptors (Lipinski definition) is 4. The summed E-state index contributed by atoms with van der Waals surface area (Å²) in [5.74, 6) is -0.388. The van der Waals surface area contributed by atoms with Crippen molar-refractivity contribution < 1.29 is 19.1 Å². The molecule has 0 aliphatic carbocycles. The lowest BCUT2D eigenvalue weighted by atomic mass is 10.1. The van der Waals surface area contributed by atoms with Gasteiger partial charge in [-0.1, -0.05) is 29.8 Å². The van der Waals surface area contributed by atoms with Crippen molar-refractivity contribution in [1.29, 1.82) is 0 Å². The molecule has 2 N–H and O–H groups in total. The van der Waals surface area contributed by atoms with E-state index in [1.165, 1.54) is 14.0 Å². The number of aromatic amines is 1. The van der Waals surface area contributed by atoms with Crippen LogP contribution < -0.4 is 10.1 Å². The summed E-state index contributed by atoms with van der Waals surface area (Å²) >= 11 is 5.96. The van der Waals surface area contributed by atoms with E-state index in [0.717, 1.165) is 22.9 Å². The van der Waals surface area contributed by atoms with Gasteiger partial charge >= 0.3 is 5.97 Å². The Bertz CT molecular complexity index is 1010. The van der Waals surface area contributed by atoms with Crippen molar-refractivity contribution in [3.05, 3.63) is 59.2 Å². The zero-order valence-corrected chi connectivity index (χ0v) is 17.1. The van der Waals surface area contributed by atoms with Crippen LogP contribution in [0.1, 0.15) is 25.3 Å². The Hall–Kier alpha value is -2.99. The van der Waals surface area contributed by atoms with E-state index < -0.39 is 18.0 Å². The molecule has 0 aliphatic heterocycles. The number of carbonyl (C=O) groups is 2. The van der Waals surface area contributed by atoms with Gasteiger partial charge in [0.2, 0.25) is 0 Å². The fourth-order valence-corrected chi connectivity index (χ4v) is 3.26. The predicted octanol–water partition coefficient (Wildman–Crippen LogP) is 4.72. The molecule has 6 nitrogen and oxygen atoms in total. The third-order valence-electron chi connectivity index (χ3n) is 4.60. The summed E-state index contributed by atoms with van der Waals surface area (Å²) < 4.78 is 10.5. The van der Waals surface area contributed by atoms with Crippen molar-refractivity contribution in [3.8, 4) is 5.75 Å². The molecule has 2 aromatic carbocycles. The molecule has 29 heavy (non-hydrogen) atoms. The smallest absolute Gasteiger partial charge is 0.306 e. The van der Waals surface area contributed by atoms with Crippen LogP contribution in [-0.4, -0.2) is 30.1 Å². The summed E-state index contributed by atoms with van der Waals surface area (Å²) in [4.78, 5) is 27.7. The van der Waals surface area contributed by atoms with Gasteiger partial charge in [0.05, 0.1) is 12.8 Å². The summed E-state index contributed by atoms with van der Waals surface area (Å²) in [5, 5.41) is 4.29. The van der Waals surface area contributed by atoms with Gasteiger partial charge in [-0.25, -0.2) is 0 Å². The van der Waals surface area contributed by atoms with Crippen molar-refractivity contribution >= 4 is 40.1 Å². The number of para-hydroxylation sites is 1. The molecule has 0 fully saturated rings. The number of ether oxygens (including phenoxy) is 2. The first-order valence-corrected chi connectivity index (χ1v) is 9.74. The molecule has 0 saturated heterocycles. The predicted molar refractivity (Wildman–Crippen MR) is 113 cm³/mol. The number of halogens is 1. The summed E-state index contributed by atoms with van der Waals surface area (Å²) in [6.45, 7) is 1.53. The van der Waals surface area contributed by atoms with Gasteiger partial charge in [-0.05, 0) is 49.6 Å². The highest BCUT2D eigenvalue weighted by molar-refractivity contribution is 6.31. The lowest BCUT2D eigenvalue weighted by Crippen LogP contribution is -2.30. The van der Waals surface area contributed by atoms with E-state index in [9.17, 15) is 9.59 Å². The van der Waals surface area contributed by atoms with Gasteiger partial charge in [0.1, 0.15) is 5.75 Å². The van der Waals surface area contributed by atoms with Crippen LogP contribution in [0.25, 0.3) is 10.9 Å². The van der Waals surface area contributed by atoms with Gasteiger partial charge in [-0.2, -0.15) is 0 Å². The lowest BCUT2D eigenvalue weighted by Gasteiger charge is -2.15. The number of amides is 1. The first-order valence-electron chi connectivity index (χ1n) is 9.37. The molecule has 1 atom stereocenters. The van der Waals surface area contributed by atoms with Gasteiger partial charge in [0.15, 0.2) is 6.10 Å². The van der Waals surface area contributed by atoms with Gasteiger partial charge in [-0.3, -0.25) is 9.59 Å². The third-order valence-corrected chi connectivity index (χ3v) is 4.83. The second-order valence-corrected chi connectivity index (χ2v) is 7.12. The number of nitrogens with one attached hydrogen (secondary N) is 2. The van der Waals surface area contributed by atoms with Crippen molar-refractivity contribution in [1.82, 2.24) is 4.98 Å². The number of anilines is 1. The maximum absolute atomic E-state index is 12.3. The van der Waals surface area contributed by atoms with Crippen molar-refractivity contribution in [2.45, 2.75) is 32.3 Å². The van der Waals surface area contributed by atoms with Gasteiger partial charge in [0, 0.05) is 28.5 Å². The second-order valence-electron chi connectivity index (χ2n) is 6.68. The Morgan fingerprint density at radius 2 is 2.00 bits per heavy atom. The van der Waals surface area contributed by atoms with Crippen molar-refractivity contribution in [2.24, 2.45) is 0 Å². The SMILES string of the molecule is COc1ccc(Cl)cc1NC(=O)[C@H](C)OC(=O)CCCc1c[nH]c2ccccc12. The van der Waals surface area contributed by atoms with Crippen LogP contribution in [0.5, 0.6) is 5.75 Å². The molecule has 7 heteroatoms. The van der Waals surface area contributed by atoms with E-state index >= 15 is 0 Å². The largest absolute Gasteiger partial charge is 0.495 e. The monoisotopic (exact) mass is 414 g/mol. The van der Waals surface area contributed by atoms with Crippen LogP contribution in [0, 0.1) is 0 Å². The summed E-state index contributed by atoms with van der Waals surface area (Å²) in [6.07, 6.45) is 2.65. The normalized spacial score (nSPS) is 11.8. The van der Waals surface area contributed by atoms with Gasteiger partial charge < -0.3 is 19.8 Å². The molecule has 1 heterocycles. The second kappa shape index (κ2) is 9.47. The molecule has 3 aromatic rings. The number of esters is 1. The molecule has 0 unspecified atom stereocenters. The number of hydrogen-bond donors (Lipinski definition) is 2. The molecular formula is C22H23ClN2O4. The number of rotatable bonds is 8. The number of aromatic nitrogens is 1. The number of carbonyl (C=O) groups excluding carboxylic acids is 2. The molecule has 0 spiro atoms. The highest BCUT2D eigenvalue weighted by Crippen LogP contribution is 2.28. The maximum Gasteiger partial charge on any atom is 0.306 e. The average Bonchev–Trinajstić information content (AvgIpc) is 3.11. The highest BCUT2D eigenvalue weighted by atomic mass is 35.5. The zero-order valence-electron chi connectivity index (χ0n) is 16.3. The molecule has 0 bridgehead atoms. The van der Waals surface area contributed by atoms with E-state index in [4.69, 9.17) is 21.1 Å². The number of benzene rings is 2. The molecular weight excluding hydrogens is 392 g/mol. The molecule has 152 valence electrons. The fourth-order valence-electron chi connectivity index (χ4n) is 3.08. The fraction of sp³-hybridized carbons (Fsp3) is 0.273. The molecule has 1 aromatic heterocycles. The number of fused-ring (bicyclic) bond motifs is 1. The maximum atomic E-state index is 12.3. The number of H-pyrrole nitrogens is 1. The van der Waals surface area contributed by atoms with Crippen LogP contribution >= 0.6 is 11.6 Å². The lowest BCUT2D eigenvalue weighted by molar-refractivity contribution is -0.153. The minimum Gasteiger partial charge on any atom is -0.495 e. The van der Waals surface area contributed by atoms with E-state index in [1.807, 2.05) is 24.4 Å². The Morgan fingerprint density at radius 3 is 2.79 bits per heavy atom. The van der Waals surface area contributed by atoms with Crippen molar-refractivity contribution in [3.63, 3.8) is 0 Å². The summed E-state index contributed by atoms with van der Waals surface area (Å²) in [5.41, 5.74) is 2.66. The first-order chi connectivity index (χ1) is 14.0. The molecule has 0 saturated carbocycles. The third kappa shape index (κ3) is 5.29. The topological polar surface area (TPSA) is 80.4 Å². The Morgan fingerprint density at radius 1 is 1.21 bits per heavy atom. The highest BCUT2D eigenvalue weighted by Gasteiger charge is 2.19. The van der Waals surface area contributed by atoms with E-state index in [-0.39, 0.29) is 6.42 Å². The van der Waals surface area contributed by atoms with Crippen LogP contribution in [0.2, 0.25) is 5.02 Å². The van der Waals surface area contributed by atoms with Crippen LogP contribution in [0.3, 0.4) is 0 Å². The zero-order chi connectivity index (χ0) is 20.8. The van der Waals surface area contributed by atoms with Crippen LogP contribution in [0.4, 0.5) is 5.69 Å². The molecule has 1 amide bonds. The van der Waals surface area contributed by atoms with E-state index in [0.29, 0.717) is 22.9 Å². The van der Waals surface area contributed by atoms with Crippen LogP contribution in [-0.2, 0) is 20.7 Å². The summed E-state index contributed by atoms with van der Waals surface area (Å²) in [7, 11) is 1.50. The minimum absolute atomic E-state index is 0.234. The van der Waals surface area contributed by atoms with Crippen LogP contribution in [0.15, 0.2) is 48.7 Å². The molecule has 3 rings (SSSR count). The standard InChI is InChI=1S/C22H23ClN2O4/c1-14(22(27)25-19-12-16(23)10-11-20(19)28-2)29-21(26)9-5-6-15-13-24-18-8-4-3-7-17(15)18/h3-4,7-8,10-14,24H,5-6,9H2,1-2H3,(H,25,27)/t14-/m0/s1. The average molecular weight is 415 g/mol. The van der Waals surface area contributed by atoms with Crippen molar-refractivity contribution in [2.75, 3.05) is 12.4 Å². The van der Waals surface area contributed by atoms with Gasteiger partial charge in [0.25, 0.3) is 5.91 Å². The Kier molecular flexibility index (Phi) is 6.77.